The van der Waals surface area contributed by atoms with E-state index in [0.717, 1.165) is 23.7 Å². The van der Waals surface area contributed by atoms with Crippen LogP contribution in [-0.2, 0) is 17.7 Å². The van der Waals surface area contributed by atoms with Crippen molar-refractivity contribution in [1.82, 2.24) is 4.98 Å². The average Bonchev–Trinajstić information content (AvgIpc) is 2.57. The molecule has 4 heteroatoms. The summed E-state index contributed by atoms with van der Waals surface area (Å²) in [6.07, 6.45) is 0.890. The molecule has 14 heavy (non-hydrogen) atoms. The predicted molar refractivity (Wildman–Crippen MR) is 59.7 cm³/mol. The molecule has 80 valence electrons. The molecule has 0 aliphatic rings. The molecule has 0 radical (unpaired) electrons. The second-order valence-corrected chi connectivity index (χ2v) is 4.69. The maximum absolute atomic E-state index is 5.67. The third-order valence-corrected chi connectivity index (χ3v) is 3.18. The van der Waals surface area contributed by atoms with E-state index in [4.69, 9.17) is 10.5 Å². The molecular weight excluding hydrogens is 196 g/mol. The van der Waals surface area contributed by atoms with E-state index in [1.807, 2.05) is 0 Å². The Morgan fingerprint density at radius 3 is 2.64 bits per heavy atom. The Labute approximate surface area is 89.3 Å². The number of nitrogens with zero attached hydrogens (tertiary/aromatic N) is 1. The Hall–Kier alpha value is -0.450. The van der Waals surface area contributed by atoms with E-state index < -0.39 is 0 Å². The summed E-state index contributed by atoms with van der Waals surface area (Å²) in [6, 6.07) is 0. The SMILES string of the molecule is COCCc1nc(C(C)C)c(CN)s1. The highest BCUT2D eigenvalue weighted by atomic mass is 32.1. The van der Waals surface area contributed by atoms with Gasteiger partial charge in [-0.1, -0.05) is 13.8 Å². The molecule has 0 aliphatic heterocycles. The summed E-state index contributed by atoms with van der Waals surface area (Å²) in [6.45, 7) is 5.62. The molecular formula is C10H18N2OS. The molecule has 0 bridgehead atoms. The maximum Gasteiger partial charge on any atom is 0.0954 e. The maximum atomic E-state index is 5.67. The number of ether oxygens (including phenoxy) is 1. The second-order valence-electron chi connectivity index (χ2n) is 3.52. The lowest BCUT2D eigenvalue weighted by atomic mass is 10.1. The number of nitrogens with two attached hydrogens (primary N) is 1. The van der Waals surface area contributed by atoms with Gasteiger partial charge in [0.2, 0.25) is 0 Å². The molecule has 0 spiro atoms. The zero-order valence-electron chi connectivity index (χ0n) is 9.04. The fraction of sp³-hybridized carbons (Fsp3) is 0.700. The fourth-order valence-corrected chi connectivity index (χ4v) is 2.39. The standard InChI is InChI=1S/C10H18N2OS/c1-7(2)10-8(6-11)14-9(12-10)4-5-13-3/h7H,4-6,11H2,1-3H3. The van der Waals surface area contributed by atoms with Crippen molar-refractivity contribution in [3.8, 4) is 0 Å². The van der Waals surface area contributed by atoms with Crippen LogP contribution in [0.25, 0.3) is 0 Å². The van der Waals surface area contributed by atoms with E-state index in [1.54, 1.807) is 18.4 Å². The third-order valence-electron chi connectivity index (χ3n) is 2.02. The van der Waals surface area contributed by atoms with E-state index in [2.05, 4.69) is 18.8 Å². The van der Waals surface area contributed by atoms with Gasteiger partial charge in [0.15, 0.2) is 0 Å². The molecule has 1 heterocycles. The van der Waals surface area contributed by atoms with Gasteiger partial charge >= 0.3 is 0 Å². The summed E-state index contributed by atoms with van der Waals surface area (Å²) in [7, 11) is 1.71. The summed E-state index contributed by atoms with van der Waals surface area (Å²) in [5, 5.41) is 1.14. The van der Waals surface area contributed by atoms with Gasteiger partial charge in [-0.25, -0.2) is 4.98 Å². The Bertz CT molecular complexity index is 284. The normalized spacial score (nSPS) is 11.2. The van der Waals surface area contributed by atoms with Crippen LogP contribution in [0, 0.1) is 0 Å². The van der Waals surface area contributed by atoms with Crippen molar-refractivity contribution in [3.05, 3.63) is 15.6 Å². The lowest BCUT2D eigenvalue weighted by Crippen LogP contribution is -2.00. The number of thiazole rings is 1. The zero-order chi connectivity index (χ0) is 10.6. The zero-order valence-corrected chi connectivity index (χ0v) is 9.86. The van der Waals surface area contributed by atoms with Crippen LogP contribution in [0.4, 0.5) is 0 Å². The van der Waals surface area contributed by atoms with E-state index >= 15 is 0 Å². The molecule has 1 rings (SSSR count). The van der Waals surface area contributed by atoms with Gasteiger partial charge in [0, 0.05) is 25.0 Å². The summed E-state index contributed by atoms with van der Waals surface area (Å²) in [5.41, 5.74) is 6.83. The van der Waals surface area contributed by atoms with Crippen molar-refractivity contribution in [3.63, 3.8) is 0 Å². The summed E-state index contributed by atoms with van der Waals surface area (Å²) >= 11 is 1.71. The van der Waals surface area contributed by atoms with Gasteiger partial charge in [-0.2, -0.15) is 0 Å². The van der Waals surface area contributed by atoms with Crippen molar-refractivity contribution in [2.24, 2.45) is 5.73 Å². The van der Waals surface area contributed by atoms with Crippen molar-refractivity contribution in [2.75, 3.05) is 13.7 Å². The number of aromatic nitrogens is 1. The molecule has 0 saturated heterocycles. The molecule has 0 unspecified atom stereocenters. The largest absolute Gasteiger partial charge is 0.384 e. The second kappa shape index (κ2) is 5.44. The molecule has 0 atom stereocenters. The number of methoxy groups -OCH3 is 1. The first-order valence-corrected chi connectivity index (χ1v) is 5.68. The van der Waals surface area contributed by atoms with E-state index in [9.17, 15) is 0 Å². The van der Waals surface area contributed by atoms with Crippen LogP contribution in [0.3, 0.4) is 0 Å². The van der Waals surface area contributed by atoms with Crippen LogP contribution in [0.1, 0.15) is 35.3 Å². The van der Waals surface area contributed by atoms with Crippen LogP contribution in [0.2, 0.25) is 0 Å². The smallest absolute Gasteiger partial charge is 0.0954 e. The summed E-state index contributed by atoms with van der Waals surface area (Å²) in [5.74, 6) is 0.459. The van der Waals surface area contributed by atoms with Crippen molar-refractivity contribution in [2.45, 2.75) is 32.7 Å². The Morgan fingerprint density at radius 2 is 2.21 bits per heavy atom. The molecule has 1 aromatic heterocycles. The molecule has 2 N–H and O–H groups in total. The van der Waals surface area contributed by atoms with Crippen molar-refractivity contribution in [1.29, 1.82) is 0 Å². The van der Waals surface area contributed by atoms with E-state index in [1.165, 1.54) is 4.88 Å². The fourth-order valence-electron chi connectivity index (χ4n) is 1.31. The lowest BCUT2D eigenvalue weighted by molar-refractivity contribution is 0.202. The summed E-state index contributed by atoms with van der Waals surface area (Å²) in [4.78, 5) is 5.79. The van der Waals surface area contributed by atoms with E-state index in [-0.39, 0.29) is 0 Å². The van der Waals surface area contributed by atoms with Gasteiger partial charge in [-0.15, -0.1) is 11.3 Å². The number of hydrogen-bond donors (Lipinski definition) is 1. The molecule has 0 fully saturated rings. The minimum Gasteiger partial charge on any atom is -0.384 e. The first kappa shape index (κ1) is 11.6. The van der Waals surface area contributed by atoms with Crippen LogP contribution in [0.15, 0.2) is 0 Å². The minimum absolute atomic E-state index is 0.459. The van der Waals surface area contributed by atoms with Gasteiger partial charge in [-0.3, -0.25) is 0 Å². The van der Waals surface area contributed by atoms with Gasteiger partial charge in [0.1, 0.15) is 0 Å². The van der Waals surface area contributed by atoms with Gasteiger partial charge in [0.05, 0.1) is 17.3 Å². The molecule has 0 aliphatic carbocycles. The highest BCUT2D eigenvalue weighted by molar-refractivity contribution is 7.11. The first-order valence-electron chi connectivity index (χ1n) is 4.86. The number of hydrogen-bond acceptors (Lipinski definition) is 4. The van der Waals surface area contributed by atoms with Gasteiger partial charge in [-0.05, 0) is 5.92 Å². The Kier molecular flexibility index (Phi) is 4.51. The highest BCUT2D eigenvalue weighted by Gasteiger charge is 2.12. The van der Waals surface area contributed by atoms with Crippen LogP contribution in [-0.4, -0.2) is 18.7 Å². The van der Waals surface area contributed by atoms with Crippen molar-refractivity contribution < 1.29 is 4.74 Å². The van der Waals surface area contributed by atoms with Gasteiger partial charge < -0.3 is 10.5 Å². The van der Waals surface area contributed by atoms with Gasteiger partial charge in [0.25, 0.3) is 0 Å². The molecule has 0 aromatic carbocycles. The summed E-state index contributed by atoms with van der Waals surface area (Å²) < 4.78 is 5.02. The molecule has 0 amide bonds. The van der Waals surface area contributed by atoms with E-state index in [0.29, 0.717) is 12.5 Å². The van der Waals surface area contributed by atoms with Crippen molar-refractivity contribution >= 4 is 11.3 Å². The Balaban J connectivity index is 2.78. The molecule has 1 aromatic rings. The third kappa shape index (κ3) is 2.77. The average molecular weight is 214 g/mol. The van der Waals surface area contributed by atoms with Crippen LogP contribution in [0.5, 0.6) is 0 Å². The highest BCUT2D eigenvalue weighted by Crippen LogP contribution is 2.24. The Morgan fingerprint density at radius 1 is 1.50 bits per heavy atom. The van der Waals surface area contributed by atoms with Crippen LogP contribution >= 0.6 is 11.3 Å². The minimum atomic E-state index is 0.459. The molecule has 3 nitrogen and oxygen atoms in total. The first-order chi connectivity index (χ1) is 6.69. The lowest BCUT2D eigenvalue weighted by Gasteiger charge is -2.01. The van der Waals surface area contributed by atoms with Crippen LogP contribution < -0.4 is 5.73 Å². The quantitative estimate of drug-likeness (QED) is 0.814. The predicted octanol–water partition coefficient (Wildman–Crippen LogP) is 1.91. The number of rotatable bonds is 5. The topological polar surface area (TPSA) is 48.1 Å². The monoisotopic (exact) mass is 214 g/mol. The molecule has 0 saturated carbocycles.